The van der Waals surface area contributed by atoms with Crippen LogP contribution < -0.4 is 15.1 Å². The van der Waals surface area contributed by atoms with Crippen LogP contribution in [0.2, 0.25) is 0 Å². The van der Waals surface area contributed by atoms with E-state index in [0.717, 1.165) is 37.4 Å². The minimum absolute atomic E-state index is 0.0733. The lowest BCUT2D eigenvalue weighted by atomic mass is 10.1. The van der Waals surface area contributed by atoms with E-state index < -0.39 is 0 Å². The number of halogens is 1. The summed E-state index contributed by atoms with van der Waals surface area (Å²) in [7, 11) is 0. The van der Waals surface area contributed by atoms with Crippen LogP contribution in [0.4, 0.5) is 10.1 Å². The first-order chi connectivity index (χ1) is 12.5. The van der Waals surface area contributed by atoms with E-state index in [-0.39, 0.29) is 17.8 Å². The van der Waals surface area contributed by atoms with E-state index in [1.165, 1.54) is 22.6 Å². The van der Waals surface area contributed by atoms with Gasteiger partial charge in [-0.2, -0.15) is 0 Å². The van der Waals surface area contributed by atoms with Crippen LogP contribution in [0.15, 0.2) is 48.5 Å². The van der Waals surface area contributed by atoms with E-state index in [0.29, 0.717) is 6.54 Å². The predicted octanol–water partition coefficient (Wildman–Crippen LogP) is 1.54. The number of carbonyl (C=O) groups is 1. The molecule has 138 valence electrons. The lowest BCUT2D eigenvalue weighted by molar-refractivity contribution is -0.914. The number of aryl methyl sites for hydroxylation is 1. The van der Waals surface area contributed by atoms with Crippen LogP contribution in [0.3, 0.4) is 0 Å². The van der Waals surface area contributed by atoms with Crippen molar-refractivity contribution in [2.24, 2.45) is 0 Å². The number of hydrogen-bond acceptors (Lipinski definition) is 2. The van der Waals surface area contributed by atoms with Crippen LogP contribution in [0.1, 0.15) is 18.1 Å². The van der Waals surface area contributed by atoms with Gasteiger partial charge in [-0.05, 0) is 43.7 Å². The first-order valence-electron chi connectivity index (χ1n) is 9.21. The Morgan fingerprint density at radius 1 is 1.12 bits per heavy atom. The van der Waals surface area contributed by atoms with Gasteiger partial charge in [0, 0.05) is 12.2 Å². The maximum atomic E-state index is 13.1. The van der Waals surface area contributed by atoms with Gasteiger partial charge in [0.05, 0.1) is 26.2 Å². The number of nitrogens with zero attached hydrogens (tertiary/aromatic N) is 1. The van der Waals surface area contributed by atoms with Crippen LogP contribution in [0.25, 0.3) is 0 Å². The Morgan fingerprint density at radius 3 is 2.35 bits per heavy atom. The smallest absolute Gasteiger partial charge is 0.278 e. The molecule has 3 rings (SSSR count). The van der Waals surface area contributed by atoms with Gasteiger partial charge >= 0.3 is 0 Å². The quantitative estimate of drug-likeness (QED) is 0.853. The van der Waals surface area contributed by atoms with Gasteiger partial charge in [0.1, 0.15) is 5.82 Å². The fraction of sp³-hybridized carbons (Fsp3) is 0.381. The number of carbonyl (C=O) groups excluding carboxylic acids is 1. The minimum Gasteiger partial charge on any atom is -0.360 e. The molecule has 1 atom stereocenters. The molecule has 0 bridgehead atoms. The third-order valence-electron chi connectivity index (χ3n) is 5.19. The Bertz CT molecular complexity index is 722. The molecule has 4 nitrogen and oxygen atoms in total. The molecule has 1 aliphatic heterocycles. The van der Waals surface area contributed by atoms with Gasteiger partial charge in [0.2, 0.25) is 0 Å². The summed E-state index contributed by atoms with van der Waals surface area (Å²) in [6, 6.07) is 14.8. The van der Waals surface area contributed by atoms with Crippen molar-refractivity contribution in [1.82, 2.24) is 5.32 Å². The largest absolute Gasteiger partial charge is 0.360 e. The maximum Gasteiger partial charge on any atom is 0.278 e. The molecule has 0 unspecified atom stereocenters. The van der Waals surface area contributed by atoms with Crippen LogP contribution in [-0.2, 0) is 11.3 Å². The minimum atomic E-state index is -0.211. The second kappa shape index (κ2) is 8.32. The molecule has 2 N–H and O–H groups in total. The number of amides is 1. The average Bonchev–Trinajstić information content (AvgIpc) is 2.67. The van der Waals surface area contributed by atoms with E-state index >= 15 is 0 Å². The second-order valence-electron chi connectivity index (χ2n) is 7.05. The summed E-state index contributed by atoms with van der Waals surface area (Å²) < 4.78 is 13.1. The molecule has 0 saturated carbocycles. The Morgan fingerprint density at radius 2 is 1.73 bits per heavy atom. The molecule has 1 heterocycles. The van der Waals surface area contributed by atoms with Crippen LogP contribution >= 0.6 is 0 Å². The highest BCUT2D eigenvalue weighted by Gasteiger charge is 2.29. The predicted molar refractivity (Wildman–Crippen MR) is 102 cm³/mol. The fourth-order valence-corrected chi connectivity index (χ4v) is 3.37. The van der Waals surface area contributed by atoms with Crippen molar-refractivity contribution in [2.75, 3.05) is 31.1 Å². The maximum absolute atomic E-state index is 13.1. The van der Waals surface area contributed by atoms with E-state index in [1.54, 1.807) is 0 Å². The molecule has 1 amide bonds. The molecule has 2 aromatic carbocycles. The molecule has 1 fully saturated rings. The molecular weight excluding hydrogens is 329 g/mol. The zero-order valence-electron chi connectivity index (χ0n) is 15.5. The third-order valence-corrected chi connectivity index (χ3v) is 5.19. The van der Waals surface area contributed by atoms with Crippen LogP contribution in [-0.4, -0.2) is 38.1 Å². The summed E-state index contributed by atoms with van der Waals surface area (Å²) in [5, 5.41) is 3.05. The van der Waals surface area contributed by atoms with Gasteiger partial charge in [-0.3, -0.25) is 4.79 Å². The normalized spacial score (nSPS) is 16.3. The van der Waals surface area contributed by atoms with Gasteiger partial charge < -0.3 is 15.1 Å². The van der Waals surface area contributed by atoms with Crippen molar-refractivity contribution in [3.63, 3.8) is 0 Å². The van der Waals surface area contributed by atoms with Gasteiger partial charge in [-0.1, -0.05) is 29.8 Å². The number of hydrogen-bond donors (Lipinski definition) is 2. The number of rotatable bonds is 5. The molecule has 26 heavy (non-hydrogen) atoms. The zero-order chi connectivity index (χ0) is 18.5. The Labute approximate surface area is 154 Å². The number of benzene rings is 2. The van der Waals surface area contributed by atoms with Crippen LogP contribution in [0, 0.1) is 12.7 Å². The van der Waals surface area contributed by atoms with Crippen molar-refractivity contribution < 1.29 is 14.1 Å². The van der Waals surface area contributed by atoms with Gasteiger partial charge in [-0.15, -0.1) is 0 Å². The Kier molecular flexibility index (Phi) is 5.89. The molecular formula is C21H27FN3O+. The van der Waals surface area contributed by atoms with E-state index in [2.05, 4.69) is 41.4 Å². The Hall–Kier alpha value is -2.40. The summed E-state index contributed by atoms with van der Waals surface area (Å²) in [5.41, 5.74) is 3.38. The second-order valence-corrected chi connectivity index (χ2v) is 7.05. The molecule has 0 radical (unpaired) electrons. The van der Waals surface area contributed by atoms with E-state index in [1.807, 2.05) is 19.1 Å². The molecule has 0 aromatic heterocycles. The highest BCUT2D eigenvalue weighted by Crippen LogP contribution is 2.14. The number of piperazine rings is 1. The zero-order valence-corrected chi connectivity index (χ0v) is 15.5. The third kappa shape index (κ3) is 4.61. The van der Waals surface area contributed by atoms with Crippen molar-refractivity contribution in [2.45, 2.75) is 26.4 Å². The van der Waals surface area contributed by atoms with Crippen molar-refractivity contribution >= 4 is 11.6 Å². The highest BCUT2D eigenvalue weighted by atomic mass is 19.1. The molecule has 0 aliphatic carbocycles. The standard InChI is InChI=1S/C21H26FN3O/c1-16-3-5-18(6-4-16)15-23-21(26)17(2)24-11-13-25(14-12-24)20-9-7-19(22)8-10-20/h3-10,17H,11-15H2,1-2H3,(H,23,26)/p+1/t17-/m0/s1. The van der Waals surface area contributed by atoms with Crippen molar-refractivity contribution in [1.29, 1.82) is 0 Å². The number of nitrogens with one attached hydrogen (secondary N) is 2. The summed E-state index contributed by atoms with van der Waals surface area (Å²) >= 11 is 0. The SMILES string of the molecule is Cc1ccc(CNC(=O)[C@H](C)[NH+]2CCN(c3ccc(F)cc3)CC2)cc1. The first kappa shape index (κ1) is 18.4. The average molecular weight is 356 g/mol. The lowest BCUT2D eigenvalue weighted by Crippen LogP contribution is -3.19. The first-order valence-corrected chi connectivity index (χ1v) is 9.21. The molecule has 1 saturated heterocycles. The monoisotopic (exact) mass is 356 g/mol. The fourth-order valence-electron chi connectivity index (χ4n) is 3.37. The van der Waals surface area contributed by atoms with Crippen molar-refractivity contribution in [3.8, 4) is 0 Å². The van der Waals surface area contributed by atoms with E-state index in [4.69, 9.17) is 0 Å². The Balaban J connectivity index is 1.48. The molecule has 0 spiro atoms. The summed E-state index contributed by atoms with van der Waals surface area (Å²) in [6.07, 6.45) is 0. The van der Waals surface area contributed by atoms with Crippen LogP contribution in [0.5, 0.6) is 0 Å². The lowest BCUT2D eigenvalue weighted by Gasteiger charge is -2.36. The summed E-state index contributed by atoms with van der Waals surface area (Å²) in [6.45, 7) is 8.16. The highest BCUT2D eigenvalue weighted by molar-refractivity contribution is 5.79. The van der Waals surface area contributed by atoms with Gasteiger partial charge in [0.25, 0.3) is 5.91 Å². The molecule has 1 aliphatic rings. The van der Waals surface area contributed by atoms with Crippen molar-refractivity contribution in [3.05, 3.63) is 65.5 Å². The number of anilines is 1. The molecule has 5 heteroatoms. The summed E-state index contributed by atoms with van der Waals surface area (Å²) in [5.74, 6) is -0.118. The summed E-state index contributed by atoms with van der Waals surface area (Å²) in [4.78, 5) is 16.0. The topological polar surface area (TPSA) is 36.8 Å². The van der Waals surface area contributed by atoms with E-state index in [9.17, 15) is 9.18 Å². The van der Waals surface area contributed by atoms with Gasteiger partial charge in [0.15, 0.2) is 6.04 Å². The molecule has 2 aromatic rings. The van der Waals surface area contributed by atoms with Gasteiger partial charge in [-0.25, -0.2) is 4.39 Å². The number of quaternary nitrogens is 1.